The smallest absolute Gasteiger partial charge is 0.271 e. The summed E-state index contributed by atoms with van der Waals surface area (Å²) in [6, 6.07) is 12.9. The van der Waals surface area contributed by atoms with E-state index >= 15 is 0 Å². The van der Waals surface area contributed by atoms with Crippen molar-refractivity contribution < 1.29 is 14.1 Å². The van der Waals surface area contributed by atoms with E-state index in [1.54, 1.807) is 12.1 Å². The first-order valence-electron chi connectivity index (χ1n) is 8.13. The average molecular weight is 417 g/mol. The Morgan fingerprint density at radius 1 is 1.11 bits per heavy atom. The lowest BCUT2D eigenvalue weighted by Crippen LogP contribution is -2.08. The van der Waals surface area contributed by atoms with Gasteiger partial charge in [0, 0.05) is 28.8 Å². The van der Waals surface area contributed by atoms with Crippen LogP contribution in [0, 0.1) is 17.0 Å². The summed E-state index contributed by atoms with van der Waals surface area (Å²) in [5.41, 5.74) is 1.92. The molecule has 3 aromatic rings. The molecule has 6 nitrogen and oxygen atoms in total. The van der Waals surface area contributed by atoms with Gasteiger partial charge in [0.05, 0.1) is 15.6 Å². The Labute approximate surface area is 170 Å². The number of non-ortho nitro benzene ring substituents is 1. The average Bonchev–Trinajstić information content (AvgIpc) is 3.13. The van der Waals surface area contributed by atoms with Crippen LogP contribution in [0.5, 0.6) is 0 Å². The first-order valence-corrected chi connectivity index (χ1v) is 8.88. The topological polar surface area (TPSA) is 85.4 Å². The molecule has 142 valence electrons. The molecule has 0 atom stereocenters. The Balaban J connectivity index is 1.69. The minimum atomic E-state index is -0.562. The normalized spacial score (nSPS) is 11.0. The minimum absolute atomic E-state index is 0.0764. The summed E-state index contributed by atoms with van der Waals surface area (Å²) in [5, 5.41) is 14.0. The number of hydrogen-bond donors (Lipinski definition) is 1. The molecule has 0 fully saturated rings. The Bertz CT molecular complexity index is 1090. The summed E-state index contributed by atoms with van der Waals surface area (Å²) in [6.07, 6.45) is 2.79. The monoisotopic (exact) mass is 416 g/mol. The molecule has 1 aromatic heterocycles. The molecule has 0 spiro atoms. The van der Waals surface area contributed by atoms with Crippen molar-refractivity contribution in [3.63, 3.8) is 0 Å². The number of amides is 1. The van der Waals surface area contributed by atoms with Gasteiger partial charge in [-0.25, -0.2) is 0 Å². The Morgan fingerprint density at radius 3 is 2.57 bits per heavy atom. The van der Waals surface area contributed by atoms with Crippen LogP contribution < -0.4 is 5.32 Å². The highest BCUT2D eigenvalue weighted by molar-refractivity contribution is 6.34. The predicted octanol–water partition coefficient (Wildman–Crippen LogP) is 6.12. The van der Waals surface area contributed by atoms with Crippen molar-refractivity contribution in [2.75, 3.05) is 5.32 Å². The van der Waals surface area contributed by atoms with Crippen LogP contribution in [0.25, 0.3) is 17.4 Å². The second-order valence-corrected chi connectivity index (χ2v) is 6.72. The Morgan fingerprint density at radius 2 is 1.89 bits per heavy atom. The minimum Gasteiger partial charge on any atom is -0.457 e. The summed E-state index contributed by atoms with van der Waals surface area (Å²) in [6.45, 7) is 1.91. The van der Waals surface area contributed by atoms with Crippen molar-refractivity contribution in [3.8, 4) is 11.3 Å². The van der Waals surface area contributed by atoms with Crippen molar-refractivity contribution in [1.29, 1.82) is 0 Å². The fourth-order valence-corrected chi connectivity index (χ4v) is 2.80. The summed E-state index contributed by atoms with van der Waals surface area (Å²) < 4.78 is 5.70. The quantitative estimate of drug-likeness (QED) is 0.308. The molecule has 0 aliphatic rings. The van der Waals surface area contributed by atoms with Crippen molar-refractivity contribution in [3.05, 3.63) is 86.1 Å². The van der Waals surface area contributed by atoms with Crippen LogP contribution >= 0.6 is 23.2 Å². The van der Waals surface area contributed by atoms with Crippen LogP contribution in [-0.2, 0) is 4.79 Å². The van der Waals surface area contributed by atoms with E-state index < -0.39 is 10.8 Å². The molecule has 0 unspecified atom stereocenters. The lowest BCUT2D eigenvalue weighted by atomic mass is 10.1. The molecular formula is C20H14Cl2N2O4. The van der Waals surface area contributed by atoms with Crippen LogP contribution in [-0.4, -0.2) is 10.8 Å². The van der Waals surface area contributed by atoms with Gasteiger partial charge in [-0.05, 0) is 42.8 Å². The van der Waals surface area contributed by atoms with Gasteiger partial charge in [-0.1, -0.05) is 35.3 Å². The van der Waals surface area contributed by atoms with Gasteiger partial charge in [0.25, 0.3) is 5.69 Å². The van der Waals surface area contributed by atoms with Crippen LogP contribution in [0.3, 0.4) is 0 Å². The molecule has 8 heteroatoms. The first-order chi connectivity index (χ1) is 13.3. The third-order valence-electron chi connectivity index (χ3n) is 3.90. The molecule has 1 heterocycles. The van der Waals surface area contributed by atoms with Gasteiger partial charge in [-0.3, -0.25) is 14.9 Å². The van der Waals surface area contributed by atoms with E-state index in [0.717, 1.165) is 11.1 Å². The maximum Gasteiger partial charge on any atom is 0.271 e. The number of nitro groups is 1. The second kappa shape index (κ2) is 8.29. The van der Waals surface area contributed by atoms with Gasteiger partial charge in [-0.15, -0.1) is 0 Å². The van der Waals surface area contributed by atoms with Gasteiger partial charge in [0.1, 0.15) is 11.5 Å². The molecule has 0 aliphatic carbocycles. The summed E-state index contributed by atoms with van der Waals surface area (Å²) in [4.78, 5) is 22.2. The van der Waals surface area contributed by atoms with E-state index in [-0.39, 0.29) is 16.4 Å². The number of rotatable bonds is 5. The Kier molecular flexibility index (Phi) is 5.82. The molecule has 0 bridgehead atoms. The third kappa shape index (κ3) is 4.60. The third-order valence-corrected chi connectivity index (χ3v) is 4.62. The van der Waals surface area contributed by atoms with E-state index in [0.29, 0.717) is 16.5 Å². The molecule has 28 heavy (non-hydrogen) atoms. The summed E-state index contributed by atoms with van der Waals surface area (Å²) >= 11 is 12.1. The van der Waals surface area contributed by atoms with E-state index in [9.17, 15) is 14.9 Å². The van der Waals surface area contributed by atoms with Gasteiger partial charge in [-0.2, -0.15) is 0 Å². The zero-order chi connectivity index (χ0) is 20.3. The van der Waals surface area contributed by atoms with Crippen molar-refractivity contribution in [2.24, 2.45) is 0 Å². The van der Waals surface area contributed by atoms with Crippen LogP contribution in [0.1, 0.15) is 11.3 Å². The number of carbonyl (C=O) groups excluding carboxylic acids is 1. The lowest BCUT2D eigenvalue weighted by Gasteiger charge is -2.04. The second-order valence-electron chi connectivity index (χ2n) is 5.91. The molecular weight excluding hydrogens is 403 g/mol. The molecule has 1 amide bonds. The summed E-state index contributed by atoms with van der Waals surface area (Å²) in [7, 11) is 0. The largest absolute Gasteiger partial charge is 0.457 e. The van der Waals surface area contributed by atoms with Crippen molar-refractivity contribution in [2.45, 2.75) is 6.92 Å². The molecule has 3 rings (SSSR count). The van der Waals surface area contributed by atoms with Crippen molar-refractivity contribution >= 4 is 46.6 Å². The SMILES string of the molecule is Cc1ccc(-c2ccc(/C=C/C(=O)Nc3ccc([N+](=O)[O-])cc3Cl)o2)cc1Cl. The predicted molar refractivity (Wildman–Crippen MR) is 110 cm³/mol. The number of nitrogens with zero attached hydrogens (tertiary/aromatic N) is 1. The molecule has 0 radical (unpaired) electrons. The van der Waals surface area contributed by atoms with Gasteiger partial charge in [0.2, 0.25) is 5.91 Å². The number of hydrogen-bond acceptors (Lipinski definition) is 4. The van der Waals surface area contributed by atoms with Crippen LogP contribution in [0.15, 0.2) is 59.0 Å². The molecule has 0 aliphatic heterocycles. The molecule has 0 saturated heterocycles. The lowest BCUT2D eigenvalue weighted by molar-refractivity contribution is -0.384. The number of nitrogens with one attached hydrogen (secondary N) is 1. The fourth-order valence-electron chi connectivity index (χ4n) is 2.39. The van der Waals surface area contributed by atoms with Crippen LogP contribution in [0.4, 0.5) is 11.4 Å². The number of carbonyl (C=O) groups is 1. The van der Waals surface area contributed by atoms with E-state index in [2.05, 4.69) is 5.32 Å². The van der Waals surface area contributed by atoms with Gasteiger partial charge in [0.15, 0.2) is 0 Å². The van der Waals surface area contributed by atoms with E-state index in [1.165, 1.54) is 30.4 Å². The highest BCUT2D eigenvalue weighted by Crippen LogP contribution is 2.28. The number of nitro benzene ring substituents is 1. The summed E-state index contributed by atoms with van der Waals surface area (Å²) in [5.74, 6) is 0.657. The zero-order valence-electron chi connectivity index (χ0n) is 14.6. The first kappa shape index (κ1) is 19.7. The highest BCUT2D eigenvalue weighted by Gasteiger charge is 2.11. The number of halogens is 2. The number of aryl methyl sites for hydroxylation is 1. The number of anilines is 1. The number of benzene rings is 2. The van der Waals surface area contributed by atoms with Crippen LogP contribution in [0.2, 0.25) is 10.0 Å². The highest BCUT2D eigenvalue weighted by atomic mass is 35.5. The van der Waals surface area contributed by atoms with Crippen molar-refractivity contribution in [1.82, 2.24) is 0 Å². The molecule has 0 saturated carbocycles. The van der Waals surface area contributed by atoms with E-state index in [4.69, 9.17) is 27.6 Å². The maximum atomic E-state index is 12.1. The van der Waals surface area contributed by atoms with Gasteiger partial charge >= 0.3 is 0 Å². The van der Waals surface area contributed by atoms with E-state index in [1.807, 2.05) is 25.1 Å². The molecule has 2 aromatic carbocycles. The molecule has 1 N–H and O–H groups in total. The zero-order valence-corrected chi connectivity index (χ0v) is 16.1. The standard InChI is InChI=1S/C20H14Cl2N2O4/c1-12-2-3-13(10-16(12)21)19-8-5-15(28-19)6-9-20(25)23-18-7-4-14(24(26)27)11-17(18)22/h2-11H,1H3,(H,23,25)/b9-6+. The Hall–Kier alpha value is -3.09. The fraction of sp³-hybridized carbons (Fsp3) is 0.0500. The number of furan rings is 1. The maximum absolute atomic E-state index is 12.1. The van der Waals surface area contributed by atoms with Gasteiger partial charge < -0.3 is 9.73 Å².